The molecule has 6 nitrogen and oxygen atoms in total. The van der Waals surface area contributed by atoms with Gasteiger partial charge in [0.25, 0.3) is 0 Å². The monoisotopic (exact) mass is 402 g/mol. The zero-order chi connectivity index (χ0) is 20.3. The Balaban J connectivity index is 1.47. The minimum Gasteiger partial charge on any atom is -0.350 e. The normalized spacial score (nSPS) is 16.3. The third-order valence-corrected chi connectivity index (χ3v) is 6.13. The number of fused-ring (bicyclic) bond motifs is 1. The Labute approximate surface area is 170 Å². The molecule has 1 N–H and O–H groups in total. The first kappa shape index (κ1) is 20.7. The van der Waals surface area contributed by atoms with Crippen LogP contribution in [-0.2, 0) is 9.59 Å². The number of nitrogens with zero attached hydrogens (tertiary/aromatic N) is 3. The number of piperidine rings is 1. The van der Waals surface area contributed by atoms with Gasteiger partial charge in [-0.15, -0.1) is 11.3 Å². The average Bonchev–Trinajstić information content (AvgIpc) is 3.04. The van der Waals surface area contributed by atoms with Gasteiger partial charge in [-0.3, -0.25) is 14.5 Å². The number of aromatic nitrogens is 1. The van der Waals surface area contributed by atoms with E-state index in [9.17, 15) is 9.59 Å². The van der Waals surface area contributed by atoms with Crippen LogP contribution >= 0.6 is 11.3 Å². The van der Waals surface area contributed by atoms with E-state index < -0.39 is 0 Å². The molecule has 152 valence electrons. The fourth-order valence-electron chi connectivity index (χ4n) is 3.48. The number of hydrogen-bond donors (Lipinski definition) is 1. The van der Waals surface area contributed by atoms with Crippen LogP contribution in [0.4, 0.5) is 0 Å². The topological polar surface area (TPSA) is 65.5 Å². The lowest BCUT2D eigenvalue weighted by Gasteiger charge is -2.31. The number of amides is 2. The maximum absolute atomic E-state index is 12.5. The molecule has 2 amide bonds. The molecule has 1 aliphatic rings. The van der Waals surface area contributed by atoms with E-state index in [1.54, 1.807) is 18.4 Å². The highest BCUT2D eigenvalue weighted by atomic mass is 32.1. The van der Waals surface area contributed by atoms with Gasteiger partial charge >= 0.3 is 0 Å². The lowest BCUT2D eigenvalue weighted by atomic mass is 9.97. The van der Waals surface area contributed by atoms with Crippen LogP contribution in [0.1, 0.15) is 44.5 Å². The highest BCUT2D eigenvalue weighted by Crippen LogP contribution is 2.33. The van der Waals surface area contributed by atoms with Crippen LogP contribution in [0.15, 0.2) is 24.3 Å². The van der Waals surface area contributed by atoms with Crippen molar-refractivity contribution in [1.82, 2.24) is 20.1 Å². The zero-order valence-corrected chi connectivity index (χ0v) is 18.0. The van der Waals surface area contributed by atoms with Gasteiger partial charge in [-0.2, -0.15) is 0 Å². The molecule has 2 heterocycles. The van der Waals surface area contributed by atoms with Gasteiger partial charge in [-0.1, -0.05) is 12.1 Å². The standard InChI is InChI=1S/C21H30N4O2S/c1-21(2,3)23-18(26)13-24(4)19(27)14-25-11-9-15(10-12-25)20-22-16-7-5-6-8-17(16)28-20/h5-8,15H,9-14H2,1-4H3,(H,23,26). The van der Waals surface area contributed by atoms with Crippen LogP contribution in [0.2, 0.25) is 0 Å². The summed E-state index contributed by atoms with van der Waals surface area (Å²) in [6.45, 7) is 8.03. The highest BCUT2D eigenvalue weighted by Gasteiger charge is 2.26. The third kappa shape index (κ3) is 5.52. The lowest BCUT2D eigenvalue weighted by molar-refractivity contribution is -0.136. The number of nitrogens with one attached hydrogen (secondary N) is 1. The van der Waals surface area contributed by atoms with E-state index in [1.807, 2.05) is 26.8 Å². The molecule has 1 aromatic heterocycles. The van der Waals surface area contributed by atoms with E-state index in [0.717, 1.165) is 31.4 Å². The summed E-state index contributed by atoms with van der Waals surface area (Å²) < 4.78 is 1.24. The number of carbonyl (C=O) groups is 2. The van der Waals surface area contributed by atoms with Crippen molar-refractivity contribution in [3.05, 3.63) is 29.3 Å². The van der Waals surface area contributed by atoms with Gasteiger partial charge in [0.05, 0.1) is 28.3 Å². The van der Waals surface area contributed by atoms with Crippen molar-refractivity contribution in [2.75, 3.05) is 33.2 Å². The van der Waals surface area contributed by atoms with Crippen molar-refractivity contribution in [3.63, 3.8) is 0 Å². The number of carbonyl (C=O) groups excluding carboxylic acids is 2. The van der Waals surface area contributed by atoms with Crippen LogP contribution in [0.5, 0.6) is 0 Å². The predicted octanol–water partition coefficient (Wildman–Crippen LogP) is 2.85. The third-order valence-electron chi connectivity index (χ3n) is 4.93. The molecule has 7 heteroatoms. The quantitative estimate of drug-likeness (QED) is 0.835. The van der Waals surface area contributed by atoms with Gasteiger partial charge < -0.3 is 10.2 Å². The molecule has 0 bridgehead atoms. The Morgan fingerprint density at radius 1 is 1.25 bits per heavy atom. The van der Waals surface area contributed by atoms with E-state index in [4.69, 9.17) is 4.98 Å². The van der Waals surface area contributed by atoms with Gasteiger partial charge in [0.1, 0.15) is 0 Å². The number of thiazole rings is 1. The first-order chi connectivity index (χ1) is 13.2. The summed E-state index contributed by atoms with van der Waals surface area (Å²) in [7, 11) is 1.69. The minimum absolute atomic E-state index is 0.0116. The summed E-state index contributed by atoms with van der Waals surface area (Å²) in [5, 5.41) is 4.10. The SMILES string of the molecule is CN(CC(=O)NC(C)(C)C)C(=O)CN1CCC(c2nc3ccccc3s2)CC1. The molecular weight excluding hydrogens is 372 g/mol. The van der Waals surface area contributed by atoms with Crippen LogP contribution < -0.4 is 5.32 Å². The van der Waals surface area contributed by atoms with Crippen molar-refractivity contribution in [3.8, 4) is 0 Å². The number of likely N-dealkylation sites (tertiary alicyclic amines) is 1. The molecule has 1 aromatic carbocycles. The van der Waals surface area contributed by atoms with Gasteiger partial charge in [-0.25, -0.2) is 4.98 Å². The Morgan fingerprint density at radius 3 is 2.57 bits per heavy atom. The summed E-state index contributed by atoms with van der Waals surface area (Å²) in [6, 6.07) is 8.26. The van der Waals surface area contributed by atoms with E-state index in [0.29, 0.717) is 12.5 Å². The van der Waals surface area contributed by atoms with Gasteiger partial charge in [0.15, 0.2) is 0 Å². The molecule has 1 fully saturated rings. The molecule has 0 atom stereocenters. The highest BCUT2D eigenvalue weighted by molar-refractivity contribution is 7.18. The Kier molecular flexibility index (Phi) is 6.35. The predicted molar refractivity (Wildman–Crippen MR) is 114 cm³/mol. The minimum atomic E-state index is -0.288. The Bertz CT molecular complexity index is 801. The van der Waals surface area contributed by atoms with Crippen LogP contribution in [0.25, 0.3) is 10.2 Å². The van der Waals surface area contributed by atoms with E-state index >= 15 is 0 Å². The van der Waals surface area contributed by atoms with Gasteiger partial charge in [0, 0.05) is 18.5 Å². The number of likely N-dealkylation sites (N-methyl/N-ethyl adjacent to an activating group) is 1. The van der Waals surface area contributed by atoms with Gasteiger partial charge in [-0.05, 0) is 58.8 Å². The molecule has 28 heavy (non-hydrogen) atoms. The smallest absolute Gasteiger partial charge is 0.240 e. The van der Waals surface area contributed by atoms with Crippen LogP contribution in [-0.4, -0.2) is 65.4 Å². The fraction of sp³-hybridized carbons (Fsp3) is 0.571. The molecular formula is C21H30N4O2S. The summed E-state index contributed by atoms with van der Waals surface area (Å²) in [6.07, 6.45) is 2.03. The summed E-state index contributed by atoms with van der Waals surface area (Å²) in [5.74, 6) is 0.333. The molecule has 2 aromatic rings. The average molecular weight is 403 g/mol. The van der Waals surface area contributed by atoms with Crippen molar-refractivity contribution in [2.24, 2.45) is 0 Å². The second-order valence-electron chi connectivity index (χ2n) is 8.62. The van der Waals surface area contributed by atoms with E-state index in [2.05, 4.69) is 28.4 Å². The second kappa shape index (κ2) is 8.57. The Morgan fingerprint density at radius 2 is 1.93 bits per heavy atom. The molecule has 1 aliphatic heterocycles. The zero-order valence-electron chi connectivity index (χ0n) is 17.2. The van der Waals surface area contributed by atoms with Crippen molar-refractivity contribution in [1.29, 1.82) is 0 Å². The summed E-state index contributed by atoms with van der Waals surface area (Å²) in [4.78, 5) is 33.0. The number of para-hydroxylation sites is 1. The summed E-state index contributed by atoms with van der Waals surface area (Å²) >= 11 is 1.79. The lowest BCUT2D eigenvalue weighted by Crippen LogP contribution is -2.48. The van der Waals surface area contributed by atoms with Crippen molar-refractivity contribution in [2.45, 2.75) is 45.1 Å². The maximum Gasteiger partial charge on any atom is 0.240 e. The van der Waals surface area contributed by atoms with Crippen molar-refractivity contribution >= 4 is 33.4 Å². The number of rotatable bonds is 5. The molecule has 0 spiro atoms. The summed E-state index contributed by atoms with van der Waals surface area (Å²) in [5.41, 5.74) is 0.791. The van der Waals surface area contributed by atoms with E-state index in [1.165, 1.54) is 14.6 Å². The number of hydrogen-bond acceptors (Lipinski definition) is 5. The van der Waals surface area contributed by atoms with Crippen molar-refractivity contribution < 1.29 is 9.59 Å². The Hall–Kier alpha value is -1.99. The maximum atomic E-state index is 12.5. The molecule has 0 aliphatic carbocycles. The first-order valence-corrected chi connectivity index (χ1v) is 10.7. The van der Waals surface area contributed by atoms with Crippen LogP contribution in [0, 0.1) is 0 Å². The first-order valence-electron chi connectivity index (χ1n) is 9.84. The molecule has 0 unspecified atom stereocenters. The molecule has 0 radical (unpaired) electrons. The number of benzene rings is 1. The molecule has 0 saturated carbocycles. The fourth-order valence-corrected chi connectivity index (χ4v) is 4.61. The van der Waals surface area contributed by atoms with Gasteiger partial charge in [0.2, 0.25) is 11.8 Å². The second-order valence-corrected chi connectivity index (χ2v) is 9.68. The largest absolute Gasteiger partial charge is 0.350 e. The van der Waals surface area contributed by atoms with E-state index in [-0.39, 0.29) is 23.9 Å². The molecule has 3 rings (SSSR count). The van der Waals surface area contributed by atoms with Crippen LogP contribution in [0.3, 0.4) is 0 Å². The molecule has 1 saturated heterocycles.